The predicted molar refractivity (Wildman–Crippen MR) is 141 cm³/mol. The lowest BCUT2D eigenvalue weighted by Gasteiger charge is -2.43. The Kier molecular flexibility index (Phi) is 9.15. The second kappa shape index (κ2) is 11.9. The van der Waals surface area contributed by atoms with Gasteiger partial charge >= 0.3 is 6.09 Å². The van der Waals surface area contributed by atoms with Crippen molar-refractivity contribution in [2.75, 3.05) is 13.1 Å². The molecule has 0 N–H and O–H groups in total. The van der Waals surface area contributed by atoms with Crippen molar-refractivity contribution in [1.29, 1.82) is 0 Å². The molecular formula is C29H43N3O3. The number of rotatable bonds is 7. The summed E-state index contributed by atoms with van der Waals surface area (Å²) in [4.78, 5) is 35.6. The third kappa shape index (κ3) is 7.68. The quantitative estimate of drug-likeness (QED) is 0.415. The van der Waals surface area contributed by atoms with E-state index in [2.05, 4.69) is 19.9 Å². The van der Waals surface area contributed by atoms with E-state index in [1.165, 1.54) is 18.4 Å². The zero-order chi connectivity index (χ0) is 25.6. The van der Waals surface area contributed by atoms with Crippen LogP contribution in [0.2, 0.25) is 0 Å². The third-order valence-electron chi connectivity index (χ3n) is 6.49. The molecular weight excluding hydrogens is 438 g/mol. The summed E-state index contributed by atoms with van der Waals surface area (Å²) in [6.07, 6.45) is 8.00. The Bertz CT molecular complexity index is 930. The van der Waals surface area contributed by atoms with Gasteiger partial charge in [-0.15, -0.1) is 0 Å². The van der Waals surface area contributed by atoms with Crippen molar-refractivity contribution in [3.05, 3.63) is 47.5 Å². The first-order chi connectivity index (χ1) is 16.5. The van der Waals surface area contributed by atoms with Crippen molar-refractivity contribution >= 4 is 17.8 Å². The highest BCUT2D eigenvalue weighted by atomic mass is 16.6. The first kappa shape index (κ1) is 27.0. The van der Waals surface area contributed by atoms with Crippen LogP contribution in [0.5, 0.6) is 0 Å². The molecule has 6 nitrogen and oxygen atoms in total. The number of Topliss-reactive ketones (excluding diaryl/α,β-unsaturated/α-hetero) is 1. The molecule has 6 heteroatoms. The summed E-state index contributed by atoms with van der Waals surface area (Å²) in [6.45, 7) is 12.7. The summed E-state index contributed by atoms with van der Waals surface area (Å²) in [6, 6.07) is 9.33. The smallest absolute Gasteiger partial charge is 0.417 e. The van der Waals surface area contributed by atoms with Crippen LogP contribution in [0.3, 0.4) is 0 Å². The van der Waals surface area contributed by atoms with Crippen LogP contribution in [0.4, 0.5) is 4.79 Å². The number of amides is 1. The highest BCUT2D eigenvalue weighted by Crippen LogP contribution is 2.27. The number of allylic oxidation sites excluding steroid dienone is 1. The van der Waals surface area contributed by atoms with Crippen LogP contribution in [0.25, 0.3) is 0 Å². The zero-order valence-electron chi connectivity index (χ0n) is 22.4. The molecule has 1 aliphatic carbocycles. The van der Waals surface area contributed by atoms with E-state index in [1.807, 2.05) is 62.9 Å². The van der Waals surface area contributed by atoms with E-state index in [0.29, 0.717) is 18.9 Å². The molecule has 2 aliphatic rings. The third-order valence-corrected chi connectivity index (χ3v) is 6.49. The van der Waals surface area contributed by atoms with Gasteiger partial charge in [0, 0.05) is 6.54 Å². The average Bonchev–Trinajstić information content (AvgIpc) is 2.79. The number of nitrogens with zero attached hydrogens (tertiary/aromatic N) is 3. The summed E-state index contributed by atoms with van der Waals surface area (Å²) in [5.41, 5.74) is 1.83. The van der Waals surface area contributed by atoms with Gasteiger partial charge < -0.3 is 9.64 Å². The van der Waals surface area contributed by atoms with Crippen LogP contribution in [0.1, 0.15) is 91.7 Å². The van der Waals surface area contributed by atoms with Gasteiger partial charge in [0.05, 0.1) is 12.6 Å². The molecule has 1 heterocycles. The summed E-state index contributed by atoms with van der Waals surface area (Å²) >= 11 is 0. The van der Waals surface area contributed by atoms with Gasteiger partial charge in [0.1, 0.15) is 11.6 Å². The molecule has 1 aromatic carbocycles. The number of aliphatic imine (C=N–C) groups is 1. The maximum Gasteiger partial charge on any atom is 0.417 e. The van der Waals surface area contributed by atoms with Gasteiger partial charge in [0.2, 0.25) is 5.96 Å². The van der Waals surface area contributed by atoms with E-state index in [4.69, 9.17) is 9.73 Å². The number of ketones is 1. The fraction of sp³-hybridized carbons (Fsp3) is 0.621. The SMILES string of the molecule is CC(C)C[C@H]1C(=O)CN(CCC2=CCCCC2)C(=NC(C)c2ccccc2)N1C(=O)OC(C)(C)C. The van der Waals surface area contributed by atoms with Crippen molar-refractivity contribution in [3.8, 4) is 0 Å². The van der Waals surface area contributed by atoms with Gasteiger partial charge in [0.15, 0.2) is 5.78 Å². The number of hydrogen-bond acceptors (Lipinski definition) is 4. The molecule has 192 valence electrons. The molecule has 1 unspecified atom stereocenters. The van der Waals surface area contributed by atoms with Gasteiger partial charge in [-0.1, -0.05) is 55.8 Å². The molecule has 1 fully saturated rings. The van der Waals surface area contributed by atoms with Crippen LogP contribution in [-0.2, 0) is 9.53 Å². The standard InChI is InChI=1S/C29H43N3O3/c1-21(2)19-25-26(33)20-31(18-17-23-13-9-7-10-14-23)27(32(25)28(34)35-29(4,5)6)30-22(3)24-15-11-8-12-16-24/h8,11-13,15-16,21-22,25H,7,9-10,14,17-20H2,1-6H3/t22?,25-/m0/s1. The number of carbonyl (C=O) groups is 2. The molecule has 0 bridgehead atoms. The van der Waals surface area contributed by atoms with Crippen molar-refractivity contribution in [2.45, 2.75) is 97.8 Å². The number of guanidine groups is 1. The lowest BCUT2D eigenvalue weighted by molar-refractivity contribution is -0.126. The van der Waals surface area contributed by atoms with Crippen LogP contribution in [0.15, 0.2) is 47.0 Å². The molecule has 0 radical (unpaired) electrons. The van der Waals surface area contributed by atoms with Gasteiger partial charge in [-0.3, -0.25) is 4.79 Å². The van der Waals surface area contributed by atoms with Crippen LogP contribution in [0, 0.1) is 5.92 Å². The summed E-state index contributed by atoms with van der Waals surface area (Å²) in [5, 5.41) is 0. The van der Waals surface area contributed by atoms with Crippen molar-refractivity contribution in [1.82, 2.24) is 9.80 Å². The first-order valence-electron chi connectivity index (χ1n) is 13.2. The van der Waals surface area contributed by atoms with E-state index in [9.17, 15) is 9.59 Å². The largest absolute Gasteiger partial charge is 0.443 e. The molecule has 0 saturated carbocycles. The Morgan fingerprint density at radius 3 is 2.46 bits per heavy atom. The minimum Gasteiger partial charge on any atom is -0.443 e. The minimum atomic E-state index is -0.673. The molecule has 1 aliphatic heterocycles. The lowest BCUT2D eigenvalue weighted by Crippen LogP contribution is -2.63. The predicted octanol–water partition coefficient (Wildman–Crippen LogP) is 6.53. The fourth-order valence-corrected chi connectivity index (χ4v) is 4.72. The minimum absolute atomic E-state index is 0.0495. The number of carbonyl (C=O) groups excluding carboxylic acids is 2. The van der Waals surface area contributed by atoms with E-state index in [1.54, 1.807) is 4.90 Å². The fourth-order valence-electron chi connectivity index (χ4n) is 4.72. The topological polar surface area (TPSA) is 62.2 Å². The summed E-state index contributed by atoms with van der Waals surface area (Å²) < 4.78 is 5.81. The van der Waals surface area contributed by atoms with E-state index < -0.39 is 17.7 Å². The van der Waals surface area contributed by atoms with Crippen LogP contribution in [-0.4, -0.2) is 52.4 Å². The Labute approximate surface area is 211 Å². The molecule has 1 saturated heterocycles. The maximum absolute atomic E-state index is 13.6. The van der Waals surface area contributed by atoms with Gasteiger partial charge in [-0.05, 0) is 77.7 Å². The van der Waals surface area contributed by atoms with E-state index in [-0.39, 0.29) is 24.3 Å². The van der Waals surface area contributed by atoms with Crippen LogP contribution >= 0.6 is 0 Å². The van der Waals surface area contributed by atoms with E-state index >= 15 is 0 Å². The van der Waals surface area contributed by atoms with Gasteiger partial charge in [-0.2, -0.15) is 0 Å². The van der Waals surface area contributed by atoms with Crippen LogP contribution < -0.4 is 0 Å². The molecule has 1 amide bonds. The number of benzene rings is 1. The summed E-state index contributed by atoms with van der Waals surface area (Å²) in [7, 11) is 0. The molecule has 35 heavy (non-hydrogen) atoms. The Morgan fingerprint density at radius 2 is 1.86 bits per heavy atom. The zero-order valence-corrected chi connectivity index (χ0v) is 22.4. The molecule has 0 aromatic heterocycles. The normalized spacial score (nSPS) is 21.3. The molecule has 2 atom stereocenters. The van der Waals surface area contributed by atoms with Crippen molar-refractivity contribution < 1.29 is 14.3 Å². The maximum atomic E-state index is 13.6. The highest BCUT2D eigenvalue weighted by Gasteiger charge is 2.43. The second-order valence-corrected chi connectivity index (χ2v) is 11.3. The monoisotopic (exact) mass is 481 g/mol. The van der Waals surface area contributed by atoms with Crippen molar-refractivity contribution in [2.24, 2.45) is 10.9 Å². The highest BCUT2D eigenvalue weighted by molar-refractivity contribution is 6.05. The van der Waals surface area contributed by atoms with Gasteiger partial charge in [0.25, 0.3) is 0 Å². The van der Waals surface area contributed by atoms with Crippen molar-refractivity contribution in [3.63, 3.8) is 0 Å². The number of hydrogen-bond donors (Lipinski definition) is 0. The summed E-state index contributed by atoms with van der Waals surface area (Å²) in [5.74, 6) is 0.853. The lowest BCUT2D eigenvalue weighted by atomic mass is 9.95. The molecule has 0 spiro atoms. The van der Waals surface area contributed by atoms with Gasteiger partial charge in [-0.25, -0.2) is 14.7 Å². The van der Waals surface area contributed by atoms with E-state index in [0.717, 1.165) is 24.8 Å². The second-order valence-electron chi connectivity index (χ2n) is 11.3. The molecule has 1 aromatic rings. The Morgan fingerprint density at radius 1 is 1.14 bits per heavy atom. The first-order valence-corrected chi connectivity index (χ1v) is 13.2. The molecule has 3 rings (SSSR count). The number of ether oxygens (including phenoxy) is 1. The average molecular weight is 482 g/mol. The Balaban J connectivity index is 2.00. The Hall–Kier alpha value is -2.63.